The first-order valence-electron chi connectivity index (χ1n) is 5.31. The van der Waals surface area contributed by atoms with E-state index in [1.54, 1.807) is 6.07 Å². The minimum absolute atomic E-state index is 0.549. The molecule has 0 bridgehead atoms. The first-order chi connectivity index (χ1) is 7.74. The van der Waals surface area contributed by atoms with Crippen LogP contribution < -0.4 is 0 Å². The van der Waals surface area contributed by atoms with E-state index in [0.29, 0.717) is 13.0 Å². The van der Waals surface area contributed by atoms with Crippen molar-refractivity contribution >= 4 is 15.9 Å². The maximum Gasteiger partial charge on any atom is 0.159 e. The molecule has 0 saturated carbocycles. The molecule has 0 unspecified atom stereocenters. The monoisotopic (exact) mass is 292 g/mol. The lowest BCUT2D eigenvalue weighted by Crippen LogP contribution is -2.01. The molecule has 1 aromatic carbocycles. The Morgan fingerprint density at radius 3 is 2.56 bits per heavy atom. The van der Waals surface area contributed by atoms with Gasteiger partial charge in [0.25, 0.3) is 0 Å². The fraction of sp³-hybridized carbons (Fsp3) is 0.500. The predicted octanol–water partition coefficient (Wildman–Crippen LogP) is 3.70. The van der Waals surface area contributed by atoms with Gasteiger partial charge in [-0.2, -0.15) is 0 Å². The van der Waals surface area contributed by atoms with E-state index in [4.69, 9.17) is 4.74 Å². The lowest BCUT2D eigenvalue weighted by atomic mass is 10.1. The summed E-state index contributed by atoms with van der Waals surface area (Å²) in [5.41, 5.74) is 0.763. The highest BCUT2D eigenvalue weighted by molar-refractivity contribution is 9.09. The van der Waals surface area contributed by atoms with Crippen LogP contribution in [0.25, 0.3) is 0 Å². The molecule has 1 aromatic rings. The van der Waals surface area contributed by atoms with Gasteiger partial charge in [-0.3, -0.25) is 0 Å². The second-order valence-corrected chi connectivity index (χ2v) is 4.30. The van der Waals surface area contributed by atoms with E-state index < -0.39 is 11.6 Å². The molecular weight excluding hydrogens is 278 g/mol. The van der Waals surface area contributed by atoms with E-state index >= 15 is 0 Å². The van der Waals surface area contributed by atoms with Crippen LogP contribution in [0, 0.1) is 11.6 Å². The minimum Gasteiger partial charge on any atom is -0.381 e. The van der Waals surface area contributed by atoms with Crippen molar-refractivity contribution in [2.24, 2.45) is 0 Å². The van der Waals surface area contributed by atoms with Crippen LogP contribution in [0.4, 0.5) is 8.78 Å². The predicted molar refractivity (Wildman–Crippen MR) is 63.9 cm³/mol. The maximum absolute atomic E-state index is 12.8. The molecule has 0 spiro atoms. The first kappa shape index (κ1) is 13.6. The van der Waals surface area contributed by atoms with Gasteiger partial charge in [0.15, 0.2) is 11.6 Å². The number of ether oxygens (including phenoxy) is 1. The van der Waals surface area contributed by atoms with E-state index in [-0.39, 0.29) is 0 Å². The van der Waals surface area contributed by atoms with Crippen molar-refractivity contribution in [3.63, 3.8) is 0 Å². The fourth-order valence-electron chi connectivity index (χ4n) is 1.29. The van der Waals surface area contributed by atoms with Crippen molar-refractivity contribution in [3.05, 3.63) is 35.4 Å². The zero-order valence-electron chi connectivity index (χ0n) is 9.02. The lowest BCUT2D eigenvalue weighted by molar-refractivity contribution is 0.134. The molecule has 0 radical (unpaired) electrons. The number of unbranched alkanes of at least 4 members (excludes halogenated alkanes) is 1. The van der Waals surface area contributed by atoms with Crippen LogP contribution in [0.3, 0.4) is 0 Å². The largest absolute Gasteiger partial charge is 0.381 e. The number of halogens is 3. The summed E-state index contributed by atoms with van der Waals surface area (Å²) >= 11 is 3.34. The first-order valence-corrected chi connectivity index (χ1v) is 6.44. The summed E-state index contributed by atoms with van der Waals surface area (Å²) in [6.45, 7) is 1.27. The van der Waals surface area contributed by atoms with Gasteiger partial charge in [0, 0.05) is 11.9 Å². The molecule has 4 heteroatoms. The molecular formula is C12H15BrF2O. The van der Waals surface area contributed by atoms with Gasteiger partial charge < -0.3 is 4.74 Å². The molecule has 0 heterocycles. The summed E-state index contributed by atoms with van der Waals surface area (Å²) < 4.78 is 30.8. The highest BCUT2D eigenvalue weighted by Gasteiger charge is 2.02. The summed E-state index contributed by atoms with van der Waals surface area (Å²) in [6.07, 6.45) is 2.72. The summed E-state index contributed by atoms with van der Waals surface area (Å²) in [5.74, 6) is -1.60. The van der Waals surface area contributed by atoms with Gasteiger partial charge in [-0.15, -0.1) is 0 Å². The molecule has 1 nitrogen and oxygen atoms in total. The summed E-state index contributed by atoms with van der Waals surface area (Å²) in [4.78, 5) is 0. The smallest absolute Gasteiger partial charge is 0.159 e. The Kier molecular flexibility index (Phi) is 6.57. The molecule has 1 rings (SSSR count). The van der Waals surface area contributed by atoms with E-state index in [1.165, 1.54) is 6.07 Å². The van der Waals surface area contributed by atoms with Crippen LogP contribution in [0.15, 0.2) is 18.2 Å². The van der Waals surface area contributed by atoms with Crippen molar-refractivity contribution in [1.82, 2.24) is 0 Å². The third-order valence-electron chi connectivity index (χ3n) is 2.19. The Morgan fingerprint density at radius 1 is 1.06 bits per heavy atom. The Labute approximate surface area is 103 Å². The van der Waals surface area contributed by atoms with Crippen LogP contribution >= 0.6 is 15.9 Å². The van der Waals surface area contributed by atoms with E-state index in [9.17, 15) is 8.78 Å². The second kappa shape index (κ2) is 7.74. The normalized spacial score (nSPS) is 10.7. The van der Waals surface area contributed by atoms with Crippen molar-refractivity contribution < 1.29 is 13.5 Å². The number of hydrogen-bond acceptors (Lipinski definition) is 1. The fourth-order valence-corrected chi connectivity index (χ4v) is 1.68. The van der Waals surface area contributed by atoms with Crippen LogP contribution in [-0.4, -0.2) is 18.5 Å². The highest BCUT2D eigenvalue weighted by Crippen LogP contribution is 2.09. The Balaban J connectivity index is 2.19. The Morgan fingerprint density at radius 2 is 1.88 bits per heavy atom. The average Bonchev–Trinajstić information content (AvgIpc) is 2.28. The molecule has 0 fully saturated rings. The van der Waals surface area contributed by atoms with Gasteiger partial charge >= 0.3 is 0 Å². The van der Waals surface area contributed by atoms with Gasteiger partial charge in [-0.05, 0) is 37.0 Å². The van der Waals surface area contributed by atoms with Gasteiger partial charge in [0.2, 0.25) is 0 Å². The summed E-state index contributed by atoms with van der Waals surface area (Å²) in [7, 11) is 0. The summed E-state index contributed by atoms with van der Waals surface area (Å²) in [5, 5.41) is 0.986. The molecule has 16 heavy (non-hydrogen) atoms. The SMILES string of the molecule is Fc1ccc(CCOCCCCBr)cc1F. The van der Waals surface area contributed by atoms with E-state index in [1.807, 2.05) is 0 Å². The second-order valence-electron chi connectivity index (χ2n) is 3.51. The molecule has 0 amide bonds. The van der Waals surface area contributed by atoms with E-state index in [0.717, 1.165) is 36.4 Å². The topological polar surface area (TPSA) is 9.23 Å². The maximum atomic E-state index is 12.8. The van der Waals surface area contributed by atoms with Crippen molar-refractivity contribution in [2.75, 3.05) is 18.5 Å². The van der Waals surface area contributed by atoms with Gasteiger partial charge in [0.05, 0.1) is 6.61 Å². The zero-order valence-corrected chi connectivity index (χ0v) is 10.6. The zero-order chi connectivity index (χ0) is 11.8. The minimum atomic E-state index is -0.804. The molecule has 0 aromatic heterocycles. The van der Waals surface area contributed by atoms with Crippen molar-refractivity contribution in [2.45, 2.75) is 19.3 Å². The van der Waals surface area contributed by atoms with Crippen molar-refractivity contribution in [3.8, 4) is 0 Å². The van der Waals surface area contributed by atoms with Crippen LogP contribution in [-0.2, 0) is 11.2 Å². The van der Waals surface area contributed by atoms with Gasteiger partial charge in [0.1, 0.15) is 0 Å². The molecule has 0 aliphatic rings. The van der Waals surface area contributed by atoms with E-state index in [2.05, 4.69) is 15.9 Å². The third-order valence-corrected chi connectivity index (χ3v) is 2.75. The quantitative estimate of drug-likeness (QED) is 0.550. The molecule has 0 atom stereocenters. The number of benzene rings is 1. The number of hydrogen-bond donors (Lipinski definition) is 0. The van der Waals surface area contributed by atoms with Gasteiger partial charge in [-0.1, -0.05) is 22.0 Å². The van der Waals surface area contributed by atoms with Crippen LogP contribution in [0.2, 0.25) is 0 Å². The summed E-state index contributed by atoms with van der Waals surface area (Å²) in [6, 6.07) is 3.95. The Hall–Kier alpha value is -0.480. The third kappa shape index (κ3) is 5.03. The van der Waals surface area contributed by atoms with Crippen molar-refractivity contribution in [1.29, 1.82) is 0 Å². The number of alkyl halides is 1. The highest BCUT2D eigenvalue weighted by atomic mass is 79.9. The van der Waals surface area contributed by atoms with Crippen LogP contribution in [0.5, 0.6) is 0 Å². The molecule has 0 aliphatic carbocycles. The number of rotatable bonds is 7. The standard InChI is InChI=1S/C12H15BrF2O/c13-6-1-2-7-16-8-5-10-3-4-11(14)12(15)9-10/h3-4,9H,1-2,5-8H2. The molecule has 0 N–H and O–H groups in total. The molecule has 90 valence electrons. The average molecular weight is 293 g/mol. The van der Waals surface area contributed by atoms with Gasteiger partial charge in [-0.25, -0.2) is 8.78 Å². The van der Waals surface area contributed by atoms with Crippen LogP contribution in [0.1, 0.15) is 18.4 Å². The molecule has 0 aliphatic heterocycles. The lowest BCUT2D eigenvalue weighted by Gasteiger charge is -2.04. The molecule has 0 saturated heterocycles. The Bertz CT molecular complexity index is 318.